The number of aryl methyl sites for hydroxylation is 1. The molecule has 78 valence electrons. The highest BCUT2D eigenvalue weighted by molar-refractivity contribution is 5.14. The normalized spacial score (nSPS) is 12.7. The Bertz CT molecular complexity index is 424. The second-order valence-corrected chi connectivity index (χ2v) is 3.46. The van der Waals surface area contributed by atoms with E-state index in [9.17, 15) is 5.11 Å². The van der Waals surface area contributed by atoms with Gasteiger partial charge in [-0.15, -0.1) is 0 Å². The maximum Gasteiger partial charge on any atom is 0.0997 e. The molecule has 0 aliphatic heterocycles. The first-order valence-corrected chi connectivity index (χ1v) is 4.82. The fourth-order valence-electron chi connectivity index (χ4n) is 1.56. The van der Waals surface area contributed by atoms with Crippen molar-refractivity contribution in [3.05, 3.63) is 48.0 Å². The molecule has 0 fully saturated rings. The van der Waals surface area contributed by atoms with Crippen molar-refractivity contribution in [2.45, 2.75) is 12.5 Å². The highest BCUT2D eigenvalue weighted by atomic mass is 16.3. The summed E-state index contributed by atoms with van der Waals surface area (Å²) >= 11 is 0. The zero-order chi connectivity index (χ0) is 10.7. The van der Waals surface area contributed by atoms with E-state index < -0.39 is 6.10 Å². The number of hydrogen-bond acceptors (Lipinski definition) is 3. The van der Waals surface area contributed by atoms with Gasteiger partial charge in [0.2, 0.25) is 0 Å². The SMILES string of the molecule is Cn1nccc1C(O)Cc1cccnc1. The molecule has 2 aromatic heterocycles. The van der Waals surface area contributed by atoms with E-state index in [4.69, 9.17) is 0 Å². The highest BCUT2D eigenvalue weighted by Gasteiger charge is 2.11. The second-order valence-electron chi connectivity index (χ2n) is 3.46. The Kier molecular flexibility index (Phi) is 2.78. The highest BCUT2D eigenvalue weighted by Crippen LogP contribution is 2.16. The maximum absolute atomic E-state index is 9.96. The van der Waals surface area contributed by atoms with Crippen LogP contribution in [0.5, 0.6) is 0 Å². The summed E-state index contributed by atoms with van der Waals surface area (Å²) in [5.74, 6) is 0. The first-order valence-electron chi connectivity index (χ1n) is 4.82. The molecule has 1 unspecified atom stereocenters. The van der Waals surface area contributed by atoms with E-state index in [1.54, 1.807) is 23.3 Å². The lowest BCUT2D eigenvalue weighted by Gasteiger charge is -2.10. The Morgan fingerprint density at radius 1 is 1.40 bits per heavy atom. The number of aliphatic hydroxyl groups excluding tert-OH is 1. The molecule has 4 heteroatoms. The van der Waals surface area contributed by atoms with Gasteiger partial charge in [0.15, 0.2) is 0 Å². The Hall–Kier alpha value is -1.68. The van der Waals surface area contributed by atoms with Gasteiger partial charge in [0, 0.05) is 32.1 Å². The van der Waals surface area contributed by atoms with Crippen LogP contribution in [0, 0.1) is 0 Å². The third-order valence-electron chi connectivity index (χ3n) is 2.35. The molecule has 15 heavy (non-hydrogen) atoms. The summed E-state index contributed by atoms with van der Waals surface area (Å²) in [4.78, 5) is 4.01. The van der Waals surface area contributed by atoms with Gasteiger partial charge < -0.3 is 5.11 Å². The van der Waals surface area contributed by atoms with Crippen LogP contribution in [0.25, 0.3) is 0 Å². The number of rotatable bonds is 3. The van der Waals surface area contributed by atoms with Gasteiger partial charge in [-0.05, 0) is 17.7 Å². The quantitative estimate of drug-likeness (QED) is 0.812. The standard InChI is InChI=1S/C11H13N3O/c1-14-10(4-6-13-14)11(15)7-9-3-2-5-12-8-9/h2-6,8,11,15H,7H2,1H3. The zero-order valence-electron chi connectivity index (χ0n) is 8.54. The summed E-state index contributed by atoms with van der Waals surface area (Å²) in [6.45, 7) is 0. The van der Waals surface area contributed by atoms with E-state index in [0.717, 1.165) is 11.3 Å². The van der Waals surface area contributed by atoms with Crippen molar-refractivity contribution >= 4 is 0 Å². The second kappa shape index (κ2) is 4.23. The third-order valence-corrected chi connectivity index (χ3v) is 2.35. The largest absolute Gasteiger partial charge is 0.386 e. The van der Waals surface area contributed by atoms with Crippen molar-refractivity contribution in [1.29, 1.82) is 0 Å². The van der Waals surface area contributed by atoms with Gasteiger partial charge >= 0.3 is 0 Å². The summed E-state index contributed by atoms with van der Waals surface area (Å²) in [5.41, 5.74) is 1.84. The topological polar surface area (TPSA) is 50.9 Å². The van der Waals surface area contributed by atoms with Crippen LogP contribution in [0.2, 0.25) is 0 Å². The van der Waals surface area contributed by atoms with Crippen LogP contribution in [-0.4, -0.2) is 19.9 Å². The van der Waals surface area contributed by atoms with E-state index in [2.05, 4.69) is 10.1 Å². The van der Waals surface area contributed by atoms with Gasteiger partial charge in [-0.1, -0.05) is 6.07 Å². The Labute approximate surface area is 88.2 Å². The molecule has 0 spiro atoms. The summed E-state index contributed by atoms with van der Waals surface area (Å²) in [6.07, 6.45) is 5.20. The average Bonchev–Trinajstić information content (AvgIpc) is 2.66. The summed E-state index contributed by atoms with van der Waals surface area (Å²) in [5, 5.41) is 14.0. The molecule has 2 rings (SSSR count). The monoisotopic (exact) mass is 203 g/mol. The summed E-state index contributed by atoms with van der Waals surface area (Å²) < 4.78 is 1.68. The molecule has 0 aliphatic rings. The van der Waals surface area contributed by atoms with Gasteiger partial charge in [-0.3, -0.25) is 9.67 Å². The van der Waals surface area contributed by atoms with Crippen LogP contribution in [0.15, 0.2) is 36.8 Å². The van der Waals surface area contributed by atoms with Crippen molar-refractivity contribution < 1.29 is 5.11 Å². The van der Waals surface area contributed by atoms with Crippen molar-refractivity contribution in [3.8, 4) is 0 Å². The van der Waals surface area contributed by atoms with Crippen LogP contribution in [-0.2, 0) is 13.5 Å². The van der Waals surface area contributed by atoms with Crippen molar-refractivity contribution in [2.75, 3.05) is 0 Å². The lowest BCUT2D eigenvalue weighted by molar-refractivity contribution is 0.168. The fraction of sp³-hybridized carbons (Fsp3) is 0.273. The predicted octanol–water partition coefficient (Wildman–Crippen LogP) is 1.09. The molecule has 4 nitrogen and oxygen atoms in total. The predicted molar refractivity (Wildman–Crippen MR) is 56.1 cm³/mol. The zero-order valence-corrected chi connectivity index (χ0v) is 8.54. The lowest BCUT2D eigenvalue weighted by Crippen LogP contribution is -2.07. The van der Waals surface area contributed by atoms with E-state index >= 15 is 0 Å². The van der Waals surface area contributed by atoms with Crippen molar-refractivity contribution in [3.63, 3.8) is 0 Å². The van der Waals surface area contributed by atoms with E-state index in [0.29, 0.717) is 6.42 Å². The molecule has 1 N–H and O–H groups in total. The molecule has 0 radical (unpaired) electrons. The molecular formula is C11H13N3O. The minimum Gasteiger partial charge on any atom is -0.386 e. The minimum absolute atomic E-state index is 0.526. The Morgan fingerprint density at radius 3 is 2.87 bits per heavy atom. The number of aromatic nitrogens is 3. The third kappa shape index (κ3) is 2.22. The molecule has 0 aliphatic carbocycles. The number of pyridine rings is 1. The molecule has 0 saturated carbocycles. The van der Waals surface area contributed by atoms with E-state index in [-0.39, 0.29) is 0 Å². The minimum atomic E-state index is -0.526. The Morgan fingerprint density at radius 2 is 2.27 bits per heavy atom. The molecule has 0 aromatic carbocycles. The molecule has 2 aromatic rings. The maximum atomic E-state index is 9.96. The number of hydrogen-bond donors (Lipinski definition) is 1. The summed E-state index contributed by atoms with van der Waals surface area (Å²) in [6, 6.07) is 5.64. The van der Waals surface area contributed by atoms with Gasteiger partial charge in [-0.2, -0.15) is 5.10 Å². The van der Waals surface area contributed by atoms with Crippen LogP contribution < -0.4 is 0 Å². The molecule has 2 heterocycles. The van der Waals surface area contributed by atoms with Crippen LogP contribution in [0.4, 0.5) is 0 Å². The molecule has 0 saturated heterocycles. The first kappa shape index (κ1) is 9.86. The van der Waals surface area contributed by atoms with Gasteiger partial charge in [0.1, 0.15) is 0 Å². The summed E-state index contributed by atoms with van der Waals surface area (Å²) in [7, 11) is 1.82. The lowest BCUT2D eigenvalue weighted by atomic mass is 10.1. The average molecular weight is 203 g/mol. The van der Waals surface area contributed by atoms with Gasteiger partial charge in [0.25, 0.3) is 0 Å². The first-order chi connectivity index (χ1) is 7.27. The van der Waals surface area contributed by atoms with Crippen molar-refractivity contribution in [2.24, 2.45) is 7.05 Å². The smallest absolute Gasteiger partial charge is 0.0997 e. The molecular weight excluding hydrogens is 190 g/mol. The molecule has 1 atom stereocenters. The van der Waals surface area contributed by atoms with Crippen molar-refractivity contribution in [1.82, 2.24) is 14.8 Å². The molecule has 0 bridgehead atoms. The molecule has 0 amide bonds. The fourth-order valence-corrected chi connectivity index (χ4v) is 1.56. The van der Waals surface area contributed by atoms with Crippen LogP contribution in [0.1, 0.15) is 17.4 Å². The Balaban J connectivity index is 2.11. The van der Waals surface area contributed by atoms with E-state index in [1.165, 1.54) is 0 Å². The van der Waals surface area contributed by atoms with Crippen LogP contribution >= 0.6 is 0 Å². The number of aliphatic hydroxyl groups is 1. The van der Waals surface area contributed by atoms with Gasteiger partial charge in [-0.25, -0.2) is 0 Å². The van der Waals surface area contributed by atoms with E-state index in [1.807, 2.05) is 25.2 Å². The number of nitrogens with zero attached hydrogens (tertiary/aromatic N) is 3. The van der Waals surface area contributed by atoms with Crippen LogP contribution in [0.3, 0.4) is 0 Å². The van der Waals surface area contributed by atoms with Gasteiger partial charge in [0.05, 0.1) is 11.8 Å².